The molecule has 0 aliphatic carbocycles. The highest BCUT2D eigenvalue weighted by atomic mass is 32.1. The van der Waals surface area contributed by atoms with Gasteiger partial charge in [0.2, 0.25) is 0 Å². The minimum atomic E-state index is 1.07. The first kappa shape index (κ1) is 11.7. The second kappa shape index (κ2) is 6.98. The Morgan fingerprint density at radius 3 is 2.86 bits per heavy atom. The Bertz CT molecular complexity index is 221. The van der Waals surface area contributed by atoms with Crippen molar-refractivity contribution in [2.75, 3.05) is 26.7 Å². The van der Waals surface area contributed by atoms with E-state index in [1.54, 1.807) is 0 Å². The van der Waals surface area contributed by atoms with Crippen molar-refractivity contribution in [3.63, 3.8) is 0 Å². The first-order valence-corrected chi connectivity index (χ1v) is 6.14. The smallest absolute Gasteiger partial charge is 0.0328 e. The molecule has 1 aromatic rings. The molecule has 0 bridgehead atoms. The molecule has 0 aliphatic rings. The number of thiophene rings is 1. The van der Waals surface area contributed by atoms with Gasteiger partial charge in [-0.1, -0.05) is 13.0 Å². The van der Waals surface area contributed by atoms with Crippen LogP contribution in [0.5, 0.6) is 0 Å². The molecule has 0 aliphatic heterocycles. The predicted molar refractivity (Wildman–Crippen MR) is 63.8 cm³/mol. The first-order valence-electron chi connectivity index (χ1n) is 5.26. The van der Waals surface area contributed by atoms with Gasteiger partial charge in [0.05, 0.1) is 0 Å². The molecule has 3 heteroatoms. The molecule has 0 unspecified atom stereocenters. The largest absolute Gasteiger partial charge is 0.318 e. The van der Waals surface area contributed by atoms with Gasteiger partial charge in [-0.2, -0.15) is 0 Å². The molecule has 0 radical (unpaired) electrons. The third kappa shape index (κ3) is 4.22. The van der Waals surface area contributed by atoms with Crippen LogP contribution in [0.1, 0.15) is 18.2 Å². The molecule has 1 aromatic heterocycles. The van der Waals surface area contributed by atoms with Crippen molar-refractivity contribution in [2.24, 2.45) is 0 Å². The van der Waals surface area contributed by atoms with Crippen molar-refractivity contribution in [3.05, 3.63) is 22.4 Å². The van der Waals surface area contributed by atoms with E-state index in [9.17, 15) is 0 Å². The Morgan fingerprint density at radius 1 is 1.43 bits per heavy atom. The maximum Gasteiger partial charge on any atom is 0.0328 e. The van der Waals surface area contributed by atoms with E-state index in [0.29, 0.717) is 0 Å². The number of likely N-dealkylation sites (N-methyl/N-ethyl adjacent to an activating group) is 1. The van der Waals surface area contributed by atoms with E-state index in [2.05, 4.69) is 34.7 Å². The topological polar surface area (TPSA) is 15.3 Å². The van der Waals surface area contributed by atoms with Gasteiger partial charge in [0.1, 0.15) is 0 Å². The SMILES string of the molecule is CCCN(CCNC)Cc1cccs1. The van der Waals surface area contributed by atoms with Crippen molar-refractivity contribution in [1.82, 2.24) is 10.2 Å². The third-order valence-corrected chi connectivity index (χ3v) is 3.04. The van der Waals surface area contributed by atoms with Crippen molar-refractivity contribution in [1.29, 1.82) is 0 Å². The zero-order valence-electron chi connectivity index (χ0n) is 9.12. The summed E-state index contributed by atoms with van der Waals surface area (Å²) in [6.07, 6.45) is 1.23. The van der Waals surface area contributed by atoms with E-state index in [1.165, 1.54) is 17.8 Å². The average Bonchev–Trinajstić information content (AvgIpc) is 2.67. The molecule has 0 aromatic carbocycles. The van der Waals surface area contributed by atoms with Crippen LogP contribution >= 0.6 is 11.3 Å². The van der Waals surface area contributed by atoms with Crippen molar-refractivity contribution < 1.29 is 0 Å². The van der Waals surface area contributed by atoms with Gasteiger partial charge in [0, 0.05) is 24.5 Å². The van der Waals surface area contributed by atoms with E-state index in [-0.39, 0.29) is 0 Å². The quantitative estimate of drug-likeness (QED) is 0.745. The highest BCUT2D eigenvalue weighted by molar-refractivity contribution is 7.09. The molecule has 0 amide bonds. The van der Waals surface area contributed by atoms with Gasteiger partial charge in [-0.05, 0) is 31.5 Å². The number of hydrogen-bond acceptors (Lipinski definition) is 3. The van der Waals surface area contributed by atoms with Gasteiger partial charge < -0.3 is 5.32 Å². The number of rotatable bonds is 7. The molecule has 0 saturated heterocycles. The lowest BCUT2D eigenvalue weighted by molar-refractivity contribution is 0.270. The number of nitrogens with one attached hydrogen (secondary N) is 1. The first-order chi connectivity index (χ1) is 6.86. The summed E-state index contributed by atoms with van der Waals surface area (Å²) in [4.78, 5) is 3.97. The van der Waals surface area contributed by atoms with Crippen molar-refractivity contribution in [2.45, 2.75) is 19.9 Å². The minimum Gasteiger partial charge on any atom is -0.318 e. The van der Waals surface area contributed by atoms with Gasteiger partial charge in [0.25, 0.3) is 0 Å². The zero-order valence-corrected chi connectivity index (χ0v) is 9.94. The lowest BCUT2D eigenvalue weighted by atomic mass is 10.3. The summed E-state index contributed by atoms with van der Waals surface area (Å²) in [6, 6.07) is 4.34. The summed E-state index contributed by atoms with van der Waals surface area (Å²) in [5, 5.41) is 5.35. The van der Waals surface area contributed by atoms with Crippen LogP contribution in [0.15, 0.2) is 17.5 Å². The monoisotopic (exact) mass is 212 g/mol. The fourth-order valence-electron chi connectivity index (χ4n) is 1.48. The molecular formula is C11H20N2S. The van der Waals surface area contributed by atoms with E-state index in [1.807, 2.05) is 18.4 Å². The Hall–Kier alpha value is -0.380. The molecule has 0 fully saturated rings. The van der Waals surface area contributed by atoms with Crippen LogP contribution in [0.4, 0.5) is 0 Å². The standard InChI is InChI=1S/C11H20N2S/c1-3-7-13(8-6-12-2)10-11-5-4-9-14-11/h4-5,9,12H,3,6-8,10H2,1-2H3. The molecule has 2 nitrogen and oxygen atoms in total. The van der Waals surface area contributed by atoms with Crippen LogP contribution in [0.25, 0.3) is 0 Å². The second-order valence-electron chi connectivity index (χ2n) is 3.46. The summed E-state index contributed by atoms with van der Waals surface area (Å²) in [7, 11) is 2.01. The van der Waals surface area contributed by atoms with Crippen LogP contribution in [-0.2, 0) is 6.54 Å². The Kier molecular flexibility index (Phi) is 5.83. The number of hydrogen-bond donors (Lipinski definition) is 1. The van der Waals surface area contributed by atoms with Crippen LogP contribution in [0.3, 0.4) is 0 Å². The van der Waals surface area contributed by atoms with Gasteiger partial charge in [-0.3, -0.25) is 4.90 Å². The summed E-state index contributed by atoms with van der Waals surface area (Å²) in [5.41, 5.74) is 0. The second-order valence-corrected chi connectivity index (χ2v) is 4.49. The van der Waals surface area contributed by atoms with Gasteiger partial charge in [-0.25, -0.2) is 0 Å². The molecule has 14 heavy (non-hydrogen) atoms. The highest BCUT2D eigenvalue weighted by Crippen LogP contribution is 2.11. The fourth-order valence-corrected chi connectivity index (χ4v) is 2.23. The van der Waals surface area contributed by atoms with E-state index < -0.39 is 0 Å². The van der Waals surface area contributed by atoms with Crippen LogP contribution in [0.2, 0.25) is 0 Å². The van der Waals surface area contributed by atoms with Crippen molar-refractivity contribution in [3.8, 4) is 0 Å². The normalized spacial score (nSPS) is 11.1. The zero-order chi connectivity index (χ0) is 10.2. The molecule has 0 spiro atoms. The Labute approximate surface area is 90.9 Å². The number of nitrogens with zero attached hydrogens (tertiary/aromatic N) is 1. The summed E-state index contributed by atoms with van der Waals surface area (Å²) in [6.45, 7) is 6.75. The molecule has 0 saturated carbocycles. The third-order valence-electron chi connectivity index (χ3n) is 2.18. The molecule has 1 rings (SSSR count). The molecule has 80 valence electrons. The van der Waals surface area contributed by atoms with E-state index in [4.69, 9.17) is 0 Å². The molecular weight excluding hydrogens is 192 g/mol. The maximum atomic E-state index is 3.20. The summed E-state index contributed by atoms with van der Waals surface area (Å²) >= 11 is 1.85. The minimum absolute atomic E-state index is 1.07. The van der Waals surface area contributed by atoms with Crippen molar-refractivity contribution >= 4 is 11.3 Å². The lowest BCUT2D eigenvalue weighted by Crippen LogP contribution is -2.30. The van der Waals surface area contributed by atoms with Gasteiger partial charge >= 0.3 is 0 Å². The summed E-state index contributed by atoms with van der Waals surface area (Å²) < 4.78 is 0. The van der Waals surface area contributed by atoms with E-state index in [0.717, 1.165) is 19.6 Å². The van der Waals surface area contributed by atoms with E-state index >= 15 is 0 Å². The van der Waals surface area contributed by atoms with Gasteiger partial charge in [-0.15, -0.1) is 11.3 Å². The fraction of sp³-hybridized carbons (Fsp3) is 0.636. The summed E-state index contributed by atoms with van der Waals surface area (Å²) in [5.74, 6) is 0. The van der Waals surface area contributed by atoms with Crippen LogP contribution in [-0.4, -0.2) is 31.6 Å². The Morgan fingerprint density at radius 2 is 2.29 bits per heavy atom. The van der Waals surface area contributed by atoms with Crippen LogP contribution in [0, 0.1) is 0 Å². The van der Waals surface area contributed by atoms with Gasteiger partial charge in [0.15, 0.2) is 0 Å². The predicted octanol–water partition coefficient (Wildman–Crippen LogP) is 2.18. The molecule has 0 atom stereocenters. The highest BCUT2D eigenvalue weighted by Gasteiger charge is 2.04. The average molecular weight is 212 g/mol. The lowest BCUT2D eigenvalue weighted by Gasteiger charge is -2.20. The Balaban J connectivity index is 2.34. The maximum absolute atomic E-state index is 3.20. The van der Waals surface area contributed by atoms with Crippen LogP contribution < -0.4 is 5.32 Å². The molecule has 1 heterocycles. The molecule has 1 N–H and O–H groups in total.